The molecule has 0 radical (unpaired) electrons. The second-order valence-electron chi connectivity index (χ2n) is 8.46. The van der Waals surface area contributed by atoms with E-state index in [4.69, 9.17) is 20.9 Å². The maximum atomic E-state index is 6.38. The monoisotopic (exact) mass is 498 g/mol. The van der Waals surface area contributed by atoms with Crippen molar-refractivity contribution in [3.63, 3.8) is 0 Å². The number of hydrogen-bond donors (Lipinski definition) is 0. The Morgan fingerprint density at radius 1 is 0.727 bits per heavy atom. The molecule has 3 rings (SSSR count). The van der Waals surface area contributed by atoms with Gasteiger partial charge in [0.25, 0.3) is 0 Å². The number of hydrogen-bond acceptors (Lipinski definition) is 4. The molecule has 0 fully saturated rings. The molecule has 5 heteroatoms. The van der Waals surface area contributed by atoms with Gasteiger partial charge in [-0.1, -0.05) is 82.3 Å². The number of benzene rings is 3. The first-order valence-electron chi connectivity index (χ1n) is 11.8. The molecule has 0 bridgehead atoms. The van der Waals surface area contributed by atoms with E-state index in [1.54, 1.807) is 11.4 Å². The minimum Gasteiger partial charge on any atom is -0.428 e. The lowest BCUT2D eigenvalue weighted by Crippen LogP contribution is -2.01. The average Bonchev–Trinajstić information content (AvgIpc) is 2.84. The smallest absolute Gasteiger partial charge is 0.348 e. The van der Waals surface area contributed by atoms with Crippen molar-refractivity contribution in [3.8, 4) is 11.5 Å². The van der Waals surface area contributed by atoms with Crippen LogP contribution in [0.4, 0.5) is 0 Å². The van der Waals surface area contributed by atoms with E-state index in [0.29, 0.717) is 11.8 Å². The second-order valence-corrected chi connectivity index (χ2v) is 14.7. The molecule has 3 aromatic carbocycles. The van der Waals surface area contributed by atoms with Gasteiger partial charge >= 0.3 is 5.69 Å². The van der Waals surface area contributed by atoms with Crippen LogP contribution in [0.1, 0.15) is 69.1 Å². The highest BCUT2D eigenvalue weighted by atomic mass is 32.9. The lowest BCUT2D eigenvalue weighted by molar-refractivity contribution is 0.506. The summed E-state index contributed by atoms with van der Waals surface area (Å²) in [6.07, 6.45) is 3.16. The van der Waals surface area contributed by atoms with Crippen molar-refractivity contribution in [2.75, 3.05) is 5.75 Å². The molecule has 3 aromatic rings. The van der Waals surface area contributed by atoms with Crippen LogP contribution in [0.3, 0.4) is 0 Å². The van der Waals surface area contributed by atoms with Crippen LogP contribution in [0.5, 0.6) is 11.5 Å². The fourth-order valence-electron chi connectivity index (χ4n) is 3.44. The first-order chi connectivity index (χ1) is 15.9. The average molecular weight is 499 g/mol. The third kappa shape index (κ3) is 7.91. The summed E-state index contributed by atoms with van der Waals surface area (Å²) in [5.74, 6) is 3.45. The highest BCUT2D eigenvalue weighted by Crippen LogP contribution is 2.60. The third-order valence-corrected chi connectivity index (χ3v) is 11.0. The molecule has 2 unspecified atom stereocenters. The lowest BCUT2D eigenvalue weighted by atomic mass is 9.99. The minimum absolute atomic E-state index is 0.530. The van der Waals surface area contributed by atoms with Crippen LogP contribution in [0.2, 0.25) is 0 Å². The Labute approximate surface area is 209 Å². The van der Waals surface area contributed by atoms with E-state index in [-0.39, 0.29) is 0 Å². The van der Waals surface area contributed by atoms with Crippen LogP contribution in [0.25, 0.3) is 0 Å². The molecular weight excluding hydrogens is 463 g/mol. The van der Waals surface area contributed by atoms with Gasteiger partial charge in [0, 0.05) is 5.75 Å². The van der Waals surface area contributed by atoms with Crippen molar-refractivity contribution in [1.82, 2.24) is 0 Å². The molecule has 0 amide bonds. The predicted octanol–water partition coefficient (Wildman–Crippen LogP) is 9.37. The molecule has 33 heavy (non-hydrogen) atoms. The van der Waals surface area contributed by atoms with Crippen molar-refractivity contribution in [2.45, 2.75) is 58.8 Å². The summed E-state index contributed by atoms with van der Waals surface area (Å²) in [6, 6.07) is 27.1. The van der Waals surface area contributed by atoms with Crippen LogP contribution >= 0.6 is 17.1 Å². The molecule has 0 aliphatic rings. The van der Waals surface area contributed by atoms with Crippen LogP contribution in [-0.2, 0) is 18.2 Å². The molecule has 0 heterocycles. The highest BCUT2D eigenvalue weighted by molar-refractivity contribution is 8.68. The summed E-state index contributed by atoms with van der Waals surface area (Å²) in [7, 11) is 0. The van der Waals surface area contributed by atoms with E-state index in [1.807, 2.05) is 30.3 Å². The Bertz CT molecular complexity index is 961. The molecule has 0 spiro atoms. The summed E-state index contributed by atoms with van der Waals surface area (Å²) in [5, 5.41) is 0. The second kappa shape index (κ2) is 12.6. The van der Waals surface area contributed by atoms with Gasteiger partial charge in [-0.25, -0.2) is 0 Å². The normalized spacial score (nSPS) is 14.8. The zero-order valence-electron chi connectivity index (χ0n) is 20.1. The lowest BCUT2D eigenvalue weighted by Gasteiger charge is -2.23. The zero-order valence-corrected chi connectivity index (χ0v) is 22.6. The molecule has 176 valence electrons. The van der Waals surface area contributed by atoms with E-state index in [2.05, 4.69) is 76.2 Å². The van der Waals surface area contributed by atoms with Gasteiger partial charge in [0.2, 0.25) is 0 Å². The van der Waals surface area contributed by atoms with E-state index < -0.39 is 5.69 Å². The maximum Gasteiger partial charge on any atom is 0.348 e. The van der Waals surface area contributed by atoms with Crippen molar-refractivity contribution >= 4 is 28.9 Å². The summed E-state index contributed by atoms with van der Waals surface area (Å²) in [4.78, 5) is 0. The van der Waals surface area contributed by atoms with Crippen LogP contribution < -0.4 is 9.05 Å². The summed E-state index contributed by atoms with van der Waals surface area (Å²) >= 11 is 7.65. The Morgan fingerprint density at radius 2 is 1.18 bits per heavy atom. The fraction of sp³-hybridized carbons (Fsp3) is 0.357. The minimum atomic E-state index is -2.64. The van der Waals surface area contributed by atoms with Gasteiger partial charge < -0.3 is 9.05 Å². The predicted molar refractivity (Wildman–Crippen MR) is 148 cm³/mol. The topological polar surface area (TPSA) is 18.5 Å². The molecule has 0 N–H and O–H groups in total. The number of rotatable bonds is 12. The van der Waals surface area contributed by atoms with Gasteiger partial charge in [0.15, 0.2) is 0 Å². The SMILES string of the molecule is CCC(C)c1ccc(OP(=S)(Oc2ccc(C(C)CC)cc2)SCCc2ccccc2)cc1. The van der Waals surface area contributed by atoms with Crippen molar-refractivity contribution in [3.05, 3.63) is 95.6 Å². The summed E-state index contributed by atoms with van der Waals surface area (Å²) in [6.45, 7) is 8.90. The zero-order chi connectivity index (χ0) is 23.7. The Kier molecular flexibility index (Phi) is 9.92. The standard InChI is InChI=1S/C28H35O2PS2/c1-5-22(3)25-12-16-27(17-13-25)29-31(32,33-21-20-24-10-8-7-9-11-24)30-28-18-14-26(15-19-28)23(4)6-2/h7-19,22-23H,5-6,20-21H2,1-4H3. The van der Waals surface area contributed by atoms with E-state index in [9.17, 15) is 0 Å². The highest BCUT2D eigenvalue weighted by Gasteiger charge is 2.24. The molecule has 0 aliphatic heterocycles. The largest absolute Gasteiger partial charge is 0.428 e. The van der Waals surface area contributed by atoms with Crippen molar-refractivity contribution in [1.29, 1.82) is 0 Å². The molecule has 0 aromatic heterocycles. The molecular formula is C28H35O2PS2. The van der Waals surface area contributed by atoms with Crippen LogP contribution in [0, 0.1) is 0 Å². The quantitative estimate of drug-likeness (QED) is 0.231. The van der Waals surface area contributed by atoms with Gasteiger partial charge in [0.05, 0.1) is 0 Å². The Morgan fingerprint density at radius 3 is 1.61 bits per heavy atom. The fourth-order valence-corrected chi connectivity index (χ4v) is 7.85. The van der Waals surface area contributed by atoms with Gasteiger partial charge in [-0.05, 0) is 95.2 Å². The molecule has 2 atom stereocenters. The van der Waals surface area contributed by atoms with Crippen molar-refractivity contribution in [2.24, 2.45) is 0 Å². The van der Waals surface area contributed by atoms with Gasteiger partial charge in [-0.15, -0.1) is 0 Å². The van der Waals surface area contributed by atoms with E-state index >= 15 is 0 Å². The molecule has 0 aliphatic carbocycles. The molecule has 2 nitrogen and oxygen atoms in total. The van der Waals surface area contributed by atoms with E-state index in [0.717, 1.165) is 36.5 Å². The van der Waals surface area contributed by atoms with Gasteiger partial charge in [-0.2, -0.15) is 0 Å². The third-order valence-electron chi connectivity index (χ3n) is 6.04. The van der Waals surface area contributed by atoms with Crippen molar-refractivity contribution < 1.29 is 9.05 Å². The van der Waals surface area contributed by atoms with Gasteiger partial charge in [-0.3, -0.25) is 0 Å². The Balaban J connectivity index is 1.75. The van der Waals surface area contributed by atoms with Crippen LogP contribution in [-0.4, -0.2) is 5.75 Å². The maximum absolute atomic E-state index is 6.38. The summed E-state index contributed by atoms with van der Waals surface area (Å²) < 4.78 is 12.8. The molecule has 0 saturated carbocycles. The number of aryl methyl sites for hydroxylation is 1. The first-order valence-corrected chi connectivity index (χ1v) is 16.0. The van der Waals surface area contributed by atoms with E-state index in [1.165, 1.54) is 16.7 Å². The van der Waals surface area contributed by atoms with Crippen LogP contribution in [0.15, 0.2) is 78.9 Å². The Hall–Kier alpha value is -1.74. The summed E-state index contributed by atoms with van der Waals surface area (Å²) in [5.41, 5.74) is 1.28. The molecule has 0 saturated heterocycles. The first kappa shape index (κ1) is 25.9. The van der Waals surface area contributed by atoms with Gasteiger partial charge in [0.1, 0.15) is 11.5 Å².